The molecule has 7 heteroatoms. The molecule has 5 rings (SSSR count). The highest BCUT2D eigenvalue weighted by atomic mass is 32.2. The van der Waals surface area contributed by atoms with Gasteiger partial charge in [0.1, 0.15) is 11.4 Å². The molecule has 2 aliphatic heterocycles. The number of hydrogen-bond donors (Lipinski definition) is 1. The molecule has 1 atom stereocenters. The van der Waals surface area contributed by atoms with Gasteiger partial charge in [-0.3, -0.25) is 14.4 Å². The van der Waals surface area contributed by atoms with Gasteiger partial charge in [0.2, 0.25) is 10.0 Å². The number of carbonyl (C=O) groups is 1. The Morgan fingerprint density at radius 2 is 1.84 bits per heavy atom. The second-order valence-corrected chi connectivity index (χ2v) is 10.9. The van der Waals surface area contributed by atoms with E-state index >= 15 is 0 Å². The standard InChI is InChI=1S/C24H28N2O4S/c1-31(28,29)25-19-7-9-23-21(15-19)22(27)16-24(30-23)10-12-26(13-11-24)20-8-6-17-4-2-3-5-18(17)14-20/h2-5,7,9,15,20,25H,6,8,10-14,16H2,1H3. The lowest BCUT2D eigenvalue weighted by Gasteiger charge is -2.46. The normalized spacial score (nSPS) is 23.0. The maximum absolute atomic E-state index is 12.9. The summed E-state index contributed by atoms with van der Waals surface area (Å²) in [5, 5.41) is 0. The van der Waals surface area contributed by atoms with E-state index in [1.54, 1.807) is 18.2 Å². The first-order chi connectivity index (χ1) is 14.8. The van der Waals surface area contributed by atoms with E-state index in [4.69, 9.17) is 4.74 Å². The van der Waals surface area contributed by atoms with E-state index in [9.17, 15) is 13.2 Å². The van der Waals surface area contributed by atoms with Crippen LogP contribution in [-0.4, -0.2) is 50.1 Å². The number of likely N-dealkylation sites (tertiary alicyclic amines) is 1. The summed E-state index contributed by atoms with van der Waals surface area (Å²) >= 11 is 0. The van der Waals surface area contributed by atoms with Crippen molar-refractivity contribution in [2.75, 3.05) is 24.1 Å². The molecule has 164 valence electrons. The Kier molecular flexibility index (Phi) is 5.06. The van der Waals surface area contributed by atoms with E-state index in [1.165, 1.54) is 17.5 Å². The third-order valence-corrected chi connectivity index (χ3v) is 7.55. The second kappa shape index (κ2) is 7.64. The first kappa shape index (κ1) is 20.5. The summed E-state index contributed by atoms with van der Waals surface area (Å²) in [6.07, 6.45) is 6.53. The van der Waals surface area contributed by atoms with Gasteiger partial charge in [0.05, 0.1) is 18.2 Å². The fraction of sp³-hybridized carbons (Fsp3) is 0.458. The highest BCUT2D eigenvalue weighted by Crippen LogP contribution is 2.41. The average Bonchev–Trinajstić information content (AvgIpc) is 2.73. The van der Waals surface area contributed by atoms with E-state index in [2.05, 4.69) is 33.9 Å². The number of anilines is 1. The molecule has 2 heterocycles. The number of rotatable bonds is 3. The number of sulfonamides is 1. The SMILES string of the molecule is CS(=O)(=O)Nc1ccc2c(c1)C(=O)CC1(CCN(C3CCc4ccccc4C3)CC1)O2. The van der Waals surface area contributed by atoms with Crippen molar-refractivity contribution in [3.63, 3.8) is 0 Å². The quantitative estimate of drug-likeness (QED) is 0.792. The second-order valence-electron chi connectivity index (χ2n) is 9.17. The van der Waals surface area contributed by atoms with Crippen molar-refractivity contribution in [2.24, 2.45) is 0 Å². The number of ketones is 1. The smallest absolute Gasteiger partial charge is 0.229 e. The lowest BCUT2D eigenvalue weighted by atomic mass is 9.80. The lowest BCUT2D eigenvalue weighted by Crippen LogP contribution is -2.54. The Balaban J connectivity index is 1.27. The van der Waals surface area contributed by atoms with Crippen LogP contribution in [0.5, 0.6) is 5.75 Å². The van der Waals surface area contributed by atoms with Crippen molar-refractivity contribution in [1.82, 2.24) is 4.90 Å². The third kappa shape index (κ3) is 4.21. The largest absolute Gasteiger partial charge is 0.486 e. The molecule has 1 fully saturated rings. The molecule has 2 aromatic carbocycles. The molecule has 2 aromatic rings. The van der Waals surface area contributed by atoms with Crippen LogP contribution in [-0.2, 0) is 22.9 Å². The van der Waals surface area contributed by atoms with Gasteiger partial charge in [0, 0.05) is 37.7 Å². The van der Waals surface area contributed by atoms with Crippen molar-refractivity contribution >= 4 is 21.5 Å². The van der Waals surface area contributed by atoms with Crippen LogP contribution in [0, 0.1) is 0 Å². The zero-order chi connectivity index (χ0) is 21.6. The number of benzene rings is 2. The van der Waals surface area contributed by atoms with Gasteiger partial charge in [-0.15, -0.1) is 0 Å². The molecule has 1 aliphatic carbocycles. The molecule has 1 saturated heterocycles. The van der Waals surface area contributed by atoms with Crippen molar-refractivity contribution < 1.29 is 17.9 Å². The van der Waals surface area contributed by atoms with E-state index in [-0.39, 0.29) is 5.78 Å². The maximum atomic E-state index is 12.9. The van der Waals surface area contributed by atoms with Gasteiger partial charge in [-0.25, -0.2) is 8.42 Å². The number of fused-ring (bicyclic) bond motifs is 2. The van der Waals surface area contributed by atoms with Gasteiger partial charge in [0.25, 0.3) is 0 Å². The fourth-order valence-corrected chi connectivity index (χ4v) is 5.89. The summed E-state index contributed by atoms with van der Waals surface area (Å²) in [6, 6.07) is 14.3. The Hall–Kier alpha value is -2.38. The number of carbonyl (C=O) groups excluding carboxylic acids is 1. The Morgan fingerprint density at radius 3 is 2.58 bits per heavy atom. The molecule has 0 bridgehead atoms. The highest BCUT2D eigenvalue weighted by molar-refractivity contribution is 7.92. The number of piperidine rings is 1. The summed E-state index contributed by atoms with van der Waals surface area (Å²) in [5.41, 5.74) is 3.36. The van der Waals surface area contributed by atoms with Crippen molar-refractivity contribution in [3.05, 3.63) is 59.2 Å². The number of hydrogen-bond acceptors (Lipinski definition) is 5. The zero-order valence-corrected chi connectivity index (χ0v) is 18.6. The molecule has 31 heavy (non-hydrogen) atoms. The molecule has 0 amide bonds. The molecule has 1 unspecified atom stereocenters. The van der Waals surface area contributed by atoms with Gasteiger partial charge < -0.3 is 4.74 Å². The summed E-state index contributed by atoms with van der Waals surface area (Å²) < 4.78 is 31.8. The first-order valence-corrected chi connectivity index (χ1v) is 12.8. The summed E-state index contributed by atoms with van der Waals surface area (Å²) in [4.78, 5) is 15.5. The summed E-state index contributed by atoms with van der Waals surface area (Å²) in [5.74, 6) is 0.591. The summed E-state index contributed by atoms with van der Waals surface area (Å²) in [7, 11) is -3.39. The van der Waals surface area contributed by atoms with Crippen LogP contribution in [0.1, 0.15) is 47.2 Å². The molecule has 1 N–H and O–H groups in total. The molecular formula is C24H28N2O4S. The summed E-state index contributed by atoms with van der Waals surface area (Å²) in [6.45, 7) is 1.87. The van der Waals surface area contributed by atoms with Crippen LogP contribution in [0.15, 0.2) is 42.5 Å². The molecule has 6 nitrogen and oxygen atoms in total. The van der Waals surface area contributed by atoms with Gasteiger partial charge in [-0.1, -0.05) is 24.3 Å². The Morgan fingerprint density at radius 1 is 1.10 bits per heavy atom. The van der Waals surface area contributed by atoms with Gasteiger partial charge in [-0.05, 0) is 48.6 Å². The minimum Gasteiger partial charge on any atom is -0.486 e. The fourth-order valence-electron chi connectivity index (χ4n) is 5.34. The topological polar surface area (TPSA) is 75.7 Å². The number of Topliss-reactive ketones (excluding diaryl/α,β-unsaturated/α-hetero) is 1. The Labute approximate surface area is 183 Å². The highest BCUT2D eigenvalue weighted by Gasteiger charge is 2.44. The Bertz CT molecular complexity index is 1120. The van der Waals surface area contributed by atoms with Crippen molar-refractivity contribution in [3.8, 4) is 5.75 Å². The number of ether oxygens (including phenoxy) is 1. The van der Waals surface area contributed by atoms with Gasteiger partial charge in [0.15, 0.2) is 5.78 Å². The molecule has 1 spiro atoms. The average molecular weight is 441 g/mol. The van der Waals surface area contributed by atoms with E-state index < -0.39 is 15.6 Å². The van der Waals surface area contributed by atoms with Crippen LogP contribution in [0.3, 0.4) is 0 Å². The van der Waals surface area contributed by atoms with Gasteiger partial charge in [-0.2, -0.15) is 0 Å². The van der Waals surface area contributed by atoms with Crippen molar-refractivity contribution in [2.45, 2.75) is 50.2 Å². The molecule has 3 aliphatic rings. The van der Waals surface area contributed by atoms with Gasteiger partial charge >= 0.3 is 0 Å². The number of aryl methyl sites for hydroxylation is 1. The number of nitrogens with one attached hydrogen (secondary N) is 1. The van der Waals surface area contributed by atoms with Crippen LogP contribution < -0.4 is 9.46 Å². The molecular weight excluding hydrogens is 412 g/mol. The van der Waals surface area contributed by atoms with E-state index in [0.717, 1.165) is 45.0 Å². The van der Waals surface area contributed by atoms with E-state index in [1.807, 2.05) is 0 Å². The monoisotopic (exact) mass is 440 g/mol. The predicted octanol–water partition coefficient (Wildman–Crippen LogP) is 3.42. The maximum Gasteiger partial charge on any atom is 0.229 e. The van der Waals surface area contributed by atoms with Crippen LogP contribution in [0.2, 0.25) is 0 Å². The third-order valence-electron chi connectivity index (χ3n) is 6.94. The molecule has 0 saturated carbocycles. The van der Waals surface area contributed by atoms with E-state index in [0.29, 0.717) is 29.5 Å². The zero-order valence-electron chi connectivity index (χ0n) is 17.8. The number of nitrogens with zero attached hydrogens (tertiary/aromatic N) is 1. The minimum absolute atomic E-state index is 0.0263. The van der Waals surface area contributed by atoms with Crippen LogP contribution >= 0.6 is 0 Å². The molecule has 0 radical (unpaired) electrons. The van der Waals surface area contributed by atoms with Crippen LogP contribution in [0.25, 0.3) is 0 Å². The first-order valence-electron chi connectivity index (χ1n) is 11.0. The van der Waals surface area contributed by atoms with Crippen LogP contribution in [0.4, 0.5) is 5.69 Å². The lowest BCUT2D eigenvalue weighted by molar-refractivity contribution is -0.0200. The minimum atomic E-state index is -3.39. The molecule has 0 aromatic heterocycles. The predicted molar refractivity (Wildman–Crippen MR) is 120 cm³/mol. The van der Waals surface area contributed by atoms with Crippen molar-refractivity contribution in [1.29, 1.82) is 0 Å².